The second kappa shape index (κ2) is 5.02. The van der Waals surface area contributed by atoms with E-state index in [1.807, 2.05) is 0 Å². The van der Waals surface area contributed by atoms with Crippen molar-refractivity contribution in [1.82, 2.24) is 0 Å². The molecule has 0 unspecified atom stereocenters. The fourth-order valence-electron chi connectivity index (χ4n) is 0.978. The minimum absolute atomic E-state index is 0.120. The summed E-state index contributed by atoms with van der Waals surface area (Å²) >= 11 is 8.89. The smallest absolute Gasteiger partial charge is 0.338 e. The number of carbonyl (C=O) groups is 1. The fourth-order valence-corrected chi connectivity index (χ4v) is 1.87. The van der Waals surface area contributed by atoms with E-state index in [2.05, 4.69) is 30.7 Å². The van der Waals surface area contributed by atoms with E-state index < -0.39 is 5.97 Å². The predicted octanol–water partition coefficient (Wildman–Crippen LogP) is 3.83. The molecule has 1 aromatic rings. The Morgan fingerprint density at radius 3 is 2.87 bits per heavy atom. The number of halogens is 2. The van der Waals surface area contributed by atoms with Gasteiger partial charge in [0.25, 0.3) is 0 Å². The first-order chi connectivity index (χ1) is 7.10. The van der Waals surface area contributed by atoms with Gasteiger partial charge in [-0.1, -0.05) is 32.6 Å². The molecule has 78 valence electrons. The molecule has 1 aromatic carbocycles. The van der Waals surface area contributed by atoms with Crippen molar-refractivity contribution in [2.45, 2.75) is 0 Å². The van der Waals surface area contributed by atoms with Crippen LogP contribution in [-0.4, -0.2) is 13.1 Å². The van der Waals surface area contributed by atoms with Crippen LogP contribution in [0.4, 0.5) is 5.69 Å². The van der Waals surface area contributed by atoms with Gasteiger partial charge in [0.2, 0.25) is 0 Å². The van der Waals surface area contributed by atoms with Gasteiger partial charge >= 0.3 is 5.97 Å². The molecule has 0 amide bonds. The first-order valence-electron chi connectivity index (χ1n) is 3.72. The molecule has 0 saturated heterocycles. The Morgan fingerprint density at radius 2 is 2.33 bits per heavy atom. The van der Waals surface area contributed by atoms with Crippen molar-refractivity contribution in [2.75, 3.05) is 7.11 Å². The predicted molar refractivity (Wildman–Crippen MR) is 59.3 cm³/mol. The quantitative estimate of drug-likeness (QED) is 0.359. The van der Waals surface area contributed by atoms with Gasteiger partial charge in [-0.25, -0.2) is 4.79 Å². The molecule has 0 atom stereocenters. The first-order valence-corrected chi connectivity index (χ1v) is 4.89. The Bertz CT molecular complexity index is 457. The van der Waals surface area contributed by atoms with E-state index in [4.69, 9.17) is 17.1 Å². The summed E-state index contributed by atoms with van der Waals surface area (Å²) in [4.78, 5) is 13.9. The lowest BCUT2D eigenvalue weighted by molar-refractivity contribution is 0.0601. The van der Waals surface area contributed by atoms with Crippen LogP contribution in [0.25, 0.3) is 10.4 Å². The van der Waals surface area contributed by atoms with Crippen molar-refractivity contribution in [3.8, 4) is 0 Å². The molecule has 7 heteroatoms. The lowest BCUT2D eigenvalue weighted by Gasteiger charge is -2.05. The summed E-state index contributed by atoms with van der Waals surface area (Å²) in [7, 11) is 1.23. The highest BCUT2D eigenvalue weighted by Gasteiger charge is 2.14. The van der Waals surface area contributed by atoms with Crippen molar-refractivity contribution in [1.29, 1.82) is 0 Å². The number of rotatable bonds is 2. The Kier molecular flexibility index (Phi) is 3.96. The SMILES string of the molecule is COC(=O)c1cc(Cl)cc(Br)c1N=[N+]=[N-]. The summed E-state index contributed by atoms with van der Waals surface area (Å²) in [6.45, 7) is 0. The van der Waals surface area contributed by atoms with Gasteiger partial charge in [0.1, 0.15) is 0 Å². The summed E-state index contributed by atoms with van der Waals surface area (Å²) in [5.74, 6) is -0.611. The molecule has 5 nitrogen and oxygen atoms in total. The second-order valence-corrected chi connectivity index (χ2v) is 3.76. The molecule has 0 aliphatic rings. The van der Waals surface area contributed by atoms with E-state index in [1.54, 1.807) is 0 Å². The Labute approximate surface area is 98.7 Å². The lowest BCUT2D eigenvalue weighted by atomic mass is 10.2. The zero-order valence-electron chi connectivity index (χ0n) is 7.57. The number of ether oxygens (including phenoxy) is 1. The number of methoxy groups -OCH3 is 1. The first kappa shape index (κ1) is 11.8. The summed E-state index contributed by atoms with van der Waals surface area (Å²) in [5, 5.41) is 3.74. The van der Waals surface area contributed by atoms with Crippen molar-refractivity contribution in [3.05, 3.63) is 37.6 Å². The molecule has 0 bridgehead atoms. The molecule has 15 heavy (non-hydrogen) atoms. The Hall–Kier alpha value is -1.23. The normalized spacial score (nSPS) is 9.27. The van der Waals surface area contributed by atoms with E-state index in [9.17, 15) is 4.79 Å². The molecular formula is C8H5BrClN3O2. The highest BCUT2D eigenvalue weighted by atomic mass is 79.9. The topological polar surface area (TPSA) is 75.1 Å². The Morgan fingerprint density at radius 1 is 1.67 bits per heavy atom. The van der Waals surface area contributed by atoms with Gasteiger partial charge in [-0.2, -0.15) is 0 Å². The van der Waals surface area contributed by atoms with Gasteiger partial charge in [-0.15, -0.1) is 0 Å². The van der Waals surface area contributed by atoms with Crippen LogP contribution in [0.3, 0.4) is 0 Å². The number of benzene rings is 1. The molecule has 0 saturated carbocycles. The largest absolute Gasteiger partial charge is 0.465 e. The monoisotopic (exact) mass is 289 g/mol. The summed E-state index contributed by atoms with van der Waals surface area (Å²) in [6, 6.07) is 2.90. The zero-order chi connectivity index (χ0) is 11.4. The fraction of sp³-hybridized carbons (Fsp3) is 0.125. The second-order valence-electron chi connectivity index (χ2n) is 2.46. The van der Waals surface area contributed by atoms with Crippen LogP contribution in [0.2, 0.25) is 5.02 Å². The zero-order valence-corrected chi connectivity index (χ0v) is 9.91. The third-order valence-electron chi connectivity index (χ3n) is 1.58. The highest BCUT2D eigenvalue weighted by Crippen LogP contribution is 2.33. The molecule has 0 aliphatic heterocycles. The highest BCUT2D eigenvalue weighted by molar-refractivity contribution is 9.10. The Balaban J connectivity index is 3.45. The number of esters is 1. The molecule has 0 N–H and O–H groups in total. The molecule has 0 aromatic heterocycles. The van der Waals surface area contributed by atoms with E-state index >= 15 is 0 Å². The van der Waals surface area contributed by atoms with E-state index in [0.29, 0.717) is 9.50 Å². The van der Waals surface area contributed by atoms with Crippen LogP contribution in [0.1, 0.15) is 10.4 Å². The number of carbonyl (C=O) groups excluding carboxylic acids is 1. The molecule has 0 aliphatic carbocycles. The average Bonchev–Trinajstić information content (AvgIpc) is 2.20. The van der Waals surface area contributed by atoms with Crippen LogP contribution in [0.15, 0.2) is 21.7 Å². The molecule has 0 spiro atoms. The molecule has 0 heterocycles. The van der Waals surface area contributed by atoms with Crippen LogP contribution in [0.5, 0.6) is 0 Å². The van der Waals surface area contributed by atoms with Gasteiger partial charge in [0.05, 0.1) is 18.4 Å². The number of hydrogen-bond acceptors (Lipinski definition) is 3. The maximum absolute atomic E-state index is 11.3. The average molecular weight is 291 g/mol. The van der Waals surface area contributed by atoms with Crippen LogP contribution in [0, 0.1) is 0 Å². The third kappa shape index (κ3) is 2.62. The van der Waals surface area contributed by atoms with Crippen molar-refractivity contribution < 1.29 is 9.53 Å². The minimum Gasteiger partial charge on any atom is -0.465 e. The van der Waals surface area contributed by atoms with Crippen LogP contribution >= 0.6 is 27.5 Å². The van der Waals surface area contributed by atoms with Gasteiger partial charge < -0.3 is 4.74 Å². The molecule has 0 fully saturated rings. The summed E-state index contributed by atoms with van der Waals surface area (Å²) < 4.78 is 4.97. The summed E-state index contributed by atoms with van der Waals surface area (Å²) in [5.41, 5.74) is 8.63. The van der Waals surface area contributed by atoms with Crippen LogP contribution in [-0.2, 0) is 4.74 Å². The van der Waals surface area contributed by atoms with E-state index in [1.165, 1.54) is 19.2 Å². The van der Waals surface area contributed by atoms with Gasteiger partial charge in [0, 0.05) is 14.4 Å². The number of hydrogen-bond donors (Lipinski definition) is 0. The van der Waals surface area contributed by atoms with Crippen molar-refractivity contribution in [3.63, 3.8) is 0 Å². The van der Waals surface area contributed by atoms with Crippen molar-refractivity contribution in [2.24, 2.45) is 5.11 Å². The maximum atomic E-state index is 11.3. The van der Waals surface area contributed by atoms with E-state index in [0.717, 1.165) is 0 Å². The minimum atomic E-state index is -0.611. The molecule has 0 radical (unpaired) electrons. The molecular weight excluding hydrogens is 285 g/mol. The van der Waals surface area contributed by atoms with Crippen LogP contribution < -0.4 is 0 Å². The van der Waals surface area contributed by atoms with Gasteiger partial charge in [-0.05, 0) is 17.7 Å². The maximum Gasteiger partial charge on any atom is 0.338 e. The number of nitrogens with zero attached hydrogens (tertiary/aromatic N) is 3. The standard InChI is InChI=1S/C8H5BrClN3O2/c1-15-8(14)5-2-4(10)3-6(9)7(5)12-13-11/h2-3H,1H3. The van der Waals surface area contributed by atoms with Crippen molar-refractivity contribution >= 4 is 39.2 Å². The van der Waals surface area contributed by atoms with E-state index in [-0.39, 0.29) is 11.3 Å². The van der Waals surface area contributed by atoms with Gasteiger partial charge in [-0.3, -0.25) is 0 Å². The molecule has 1 rings (SSSR count). The van der Waals surface area contributed by atoms with Gasteiger partial charge in [0.15, 0.2) is 0 Å². The third-order valence-corrected chi connectivity index (χ3v) is 2.40. The lowest BCUT2D eigenvalue weighted by Crippen LogP contribution is -2.01. The summed E-state index contributed by atoms with van der Waals surface area (Å²) in [6.07, 6.45) is 0. The number of azide groups is 1.